The topological polar surface area (TPSA) is 93.0 Å². The van der Waals surface area contributed by atoms with Crippen molar-refractivity contribution in [3.05, 3.63) is 132 Å². The Bertz CT molecular complexity index is 1490. The van der Waals surface area contributed by atoms with Crippen molar-refractivity contribution in [3.63, 3.8) is 0 Å². The Balaban J connectivity index is 1.36. The summed E-state index contributed by atoms with van der Waals surface area (Å²) in [6.45, 7) is 0.490. The number of methoxy groups -OCH3 is 1. The molecule has 2 N–H and O–H groups in total. The van der Waals surface area contributed by atoms with Crippen LogP contribution in [0.3, 0.4) is 0 Å². The molecule has 37 heavy (non-hydrogen) atoms. The molecule has 0 saturated heterocycles. The van der Waals surface area contributed by atoms with E-state index in [9.17, 15) is 0 Å². The standard InChI is InChI=1S/C30H25N5O2/c1-36-29(23-9-6-15-32-19-23)26-17-22(12-13-27(26)31)28-14-16-33-30(35-28)34-24-10-5-11-25(18-24)37-20-21-7-3-2-4-8-21/h2-19,31H,20H2,1H3,(H,33,34,35)/b29-26-,31-27?. The summed E-state index contributed by atoms with van der Waals surface area (Å²) in [7, 11) is 1.60. The lowest BCUT2D eigenvalue weighted by molar-refractivity contribution is 0.306. The van der Waals surface area contributed by atoms with Crippen LogP contribution in [0, 0.1) is 5.41 Å². The average Bonchev–Trinajstić information content (AvgIpc) is 2.95. The van der Waals surface area contributed by atoms with Gasteiger partial charge < -0.3 is 20.2 Å². The maximum absolute atomic E-state index is 8.43. The van der Waals surface area contributed by atoms with Crippen LogP contribution in [0.4, 0.5) is 11.6 Å². The number of hydrogen-bond donors (Lipinski definition) is 2. The average molecular weight is 488 g/mol. The van der Waals surface area contributed by atoms with Crippen molar-refractivity contribution in [2.45, 2.75) is 6.61 Å². The predicted octanol–water partition coefficient (Wildman–Crippen LogP) is 6.22. The van der Waals surface area contributed by atoms with Gasteiger partial charge in [0.1, 0.15) is 18.1 Å². The molecule has 5 rings (SSSR count). The van der Waals surface area contributed by atoms with Crippen LogP contribution in [-0.4, -0.2) is 27.8 Å². The molecule has 7 nitrogen and oxygen atoms in total. The summed E-state index contributed by atoms with van der Waals surface area (Å²) < 4.78 is 11.6. The van der Waals surface area contributed by atoms with Gasteiger partial charge in [0.15, 0.2) is 0 Å². The summed E-state index contributed by atoms with van der Waals surface area (Å²) in [4.78, 5) is 13.3. The van der Waals surface area contributed by atoms with E-state index < -0.39 is 0 Å². The number of nitrogens with one attached hydrogen (secondary N) is 2. The molecule has 0 bridgehead atoms. The first-order valence-electron chi connectivity index (χ1n) is 11.7. The first-order valence-corrected chi connectivity index (χ1v) is 11.7. The summed E-state index contributed by atoms with van der Waals surface area (Å²) >= 11 is 0. The van der Waals surface area contributed by atoms with E-state index in [2.05, 4.69) is 15.3 Å². The largest absolute Gasteiger partial charge is 0.495 e. The highest BCUT2D eigenvalue weighted by atomic mass is 16.5. The molecule has 1 aliphatic carbocycles. The molecule has 2 heterocycles. The molecule has 7 heteroatoms. The maximum Gasteiger partial charge on any atom is 0.227 e. The van der Waals surface area contributed by atoms with Crippen LogP contribution in [0.1, 0.15) is 16.8 Å². The molecule has 0 fully saturated rings. The molecule has 2 aromatic carbocycles. The van der Waals surface area contributed by atoms with Crippen molar-refractivity contribution in [3.8, 4) is 5.75 Å². The molecule has 2 aromatic heterocycles. The summed E-state index contributed by atoms with van der Waals surface area (Å²) in [6.07, 6.45) is 10.6. The number of aromatic nitrogens is 3. The molecule has 0 radical (unpaired) electrons. The fraction of sp³-hybridized carbons (Fsp3) is 0.0667. The lowest BCUT2D eigenvalue weighted by Crippen LogP contribution is -2.07. The van der Waals surface area contributed by atoms with Crippen molar-refractivity contribution in [1.82, 2.24) is 15.0 Å². The number of anilines is 2. The van der Waals surface area contributed by atoms with Crippen molar-refractivity contribution >= 4 is 28.7 Å². The van der Waals surface area contributed by atoms with E-state index in [1.807, 2.05) is 84.9 Å². The Morgan fingerprint density at radius 1 is 0.946 bits per heavy atom. The minimum Gasteiger partial charge on any atom is -0.495 e. The van der Waals surface area contributed by atoms with E-state index in [1.165, 1.54) is 0 Å². The lowest BCUT2D eigenvalue weighted by atomic mass is 9.95. The summed E-state index contributed by atoms with van der Waals surface area (Å²) in [6, 6.07) is 23.3. The predicted molar refractivity (Wildman–Crippen MR) is 146 cm³/mol. The molecule has 182 valence electrons. The van der Waals surface area contributed by atoms with Gasteiger partial charge in [-0.2, -0.15) is 0 Å². The van der Waals surface area contributed by atoms with E-state index in [4.69, 9.17) is 19.9 Å². The first kappa shape index (κ1) is 23.7. The molecule has 0 amide bonds. The molecular weight excluding hydrogens is 462 g/mol. The van der Waals surface area contributed by atoms with Crippen LogP contribution in [0.5, 0.6) is 5.75 Å². The van der Waals surface area contributed by atoms with Gasteiger partial charge in [0.25, 0.3) is 0 Å². The fourth-order valence-corrected chi connectivity index (χ4v) is 3.89. The van der Waals surface area contributed by atoms with Crippen LogP contribution in [0.15, 0.2) is 115 Å². The number of rotatable bonds is 8. The van der Waals surface area contributed by atoms with Crippen LogP contribution in [0.2, 0.25) is 0 Å². The van der Waals surface area contributed by atoms with E-state index >= 15 is 0 Å². The Hall–Kier alpha value is -5.04. The second kappa shape index (κ2) is 11.1. The second-order valence-electron chi connectivity index (χ2n) is 8.23. The summed E-state index contributed by atoms with van der Waals surface area (Å²) in [5.41, 5.74) is 5.29. The number of nitrogens with zero attached hydrogens (tertiary/aromatic N) is 3. The third kappa shape index (κ3) is 5.79. The molecule has 0 spiro atoms. The highest BCUT2D eigenvalue weighted by Gasteiger charge is 2.17. The Morgan fingerprint density at radius 3 is 2.65 bits per heavy atom. The van der Waals surface area contributed by atoms with Gasteiger partial charge in [-0.25, -0.2) is 9.97 Å². The highest BCUT2D eigenvalue weighted by Crippen LogP contribution is 2.29. The Labute approximate surface area is 215 Å². The van der Waals surface area contributed by atoms with Gasteiger partial charge in [0.2, 0.25) is 5.95 Å². The second-order valence-corrected chi connectivity index (χ2v) is 8.23. The van der Waals surface area contributed by atoms with Crippen LogP contribution in [0.25, 0.3) is 11.3 Å². The zero-order chi connectivity index (χ0) is 25.5. The zero-order valence-electron chi connectivity index (χ0n) is 20.3. The summed E-state index contributed by atoms with van der Waals surface area (Å²) in [5.74, 6) is 1.79. The number of pyridine rings is 1. The van der Waals surface area contributed by atoms with E-state index in [1.54, 1.807) is 31.8 Å². The van der Waals surface area contributed by atoms with Gasteiger partial charge in [-0.1, -0.05) is 42.5 Å². The molecule has 0 saturated carbocycles. The van der Waals surface area contributed by atoms with Crippen molar-refractivity contribution in [1.29, 1.82) is 5.41 Å². The molecule has 1 aliphatic rings. The van der Waals surface area contributed by atoms with E-state index in [0.29, 0.717) is 29.6 Å². The van der Waals surface area contributed by atoms with Crippen molar-refractivity contribution < 1.29 is 9.47 Å². The fourth-order valence-electron chi connectivity index (χ4n) is 3.89. The first-order chi connectivity index (χ1) is 18.2. The van der Waals surface area contributed by atoms with Crippen molar-refractivity contribution in [2.75, 3.05) is 12.4 Å². The number of allylic oxidation sites excluding steroid dienone is 5. The van der Waals surface area contributed by atoms with Gasteiger partial charge >= 0.3 is 0 Å². The number of ether oxygens (including phenoxy) is 2. The van der Waals surface area contributed by atoms with Gasteiger partial charge in [0, 0.05) is 47.1 Å². The molecule has 0 unspecified atom stereocenters. The van der Waals surface area contributed by atoms with Crippen LogP contribution < -0.4 is 10.1 Å². The minimum absolute atomic E-state index is 0.351. The molecule has 0 atom stereocenters. The van der Waals surface area contributed by atoms with Crippen molar-refractivity contribution in [2.24, 2.45) is 0 Å². The zero-order valence-corrected chi connectivity index (χ0v) is 20.3. The number of hydrogen-bond acceptors (Lipinski definition) is 7. The SMILES string of the molecule is CO/C(=C1/C=C(c2ccnc(Nc3cccc(OCc4ccccc4)c3)n2)C=CC1=N)c1cccnc1. The van der Waals surface area contributed by atoms with E-state index in [-0.39, 0.29) is 0 Å². The van der Waals surface area contributed by atoms with E-state index in [0.717, 1.165) is 33.8 Å². The highest BCUT2D eigenvalue weighted by molar-refractivity contribution is 6.16. The Morgan fingerprint density at radius 2 is 1.84 bits per heavy atom. The smallest absolute Gasteiger partial charge is 0.227 e. The molecular formula is C30H25N5O2. The summed E-state index contributed by atoms with van der Waals surface area (Å²) in [5, 5.41) is 11.7. The minimum atomic E-state index is 0.351. The number of benzene rings is 2. The Kier molecular flexibility index (Phi) is 7.13. The van der Waals surface area contributed by atoms with Crippen LogP contribution >= 0.6 is 0 Å². The monoisotopic (exact) mass is 487 g/mol. The lowest BCUT2D eigenvalue weighted by Gasteiger charge is -2.16. The molecule has 0 aliphatic heterocycles. The third-order valence-corrected chi connectivity index (χ3v) is 5.68. The third-order valence-electron chi connectivity index (χ3n) is 5.68. The van der Waals surface area contributed by atoms with Gasteiger partial charge in [-0.3, -0.25) is 4.98 Å². The molecule has 4 aromatic rings. The van der Waals surface area contributed by atoms with Gasteiger partial charge in [0.05, 0.1) is 18.5 Å². The maximum atomic E-state index is 8.43. The van der Waals surface area contributed by atoms with Crippen LogP contribution in [-0.2, 0) is 11.3 Å². The quantitative estimate of drug-likeness (QED) is 0.287. The van der Waals surface area contributed by atoms with Gasteiger partial charge in [-0.05, 0) is 48.0 Å². The normalized spacial score (nSPS) is 14.1. The van der Waals surface area contributed by atoms with Gasteiger partial charge in [-0.15, -0.1) is 0 Å².